The van der Waals surface area contributed by atoms with Gasteiger partial charge >= 0.3 is 5.97 Å². The lowest BCUT2D eigenvalue weighted by molar-refractivity contribution is 0.0696. The summed E-state index contributed by atoms with van der Waals surface area (Å²) in [5.41, 5.74) is 2.70. The van der Waals surface area contributed by atoms with E-state index >= 15 is 0 Å². The first kappa shape index (κ1) is 15.3. The van der Waals surface area contributed by atoms with Crippen molar-refractivity contribution in [3.05, 3.63) is 71.3 Å². The molecule has 3 heteroatoms. The van der Waals surface area contributed by atoms with Gasteiger partial charge in [-0.05, 0) is 42.1 Å². The first-order valence-electron chi connectivity index (χ1n) is 7.24. The molecule has 1 unspecified atom stereocenters. The Hall–Kier alpha value is -2.13. The van der Waals surface area contributed by atoms with Crippen molar-refractivity contribution in [1.82, 2.24) is 5.32 Å². The zero-order valence-corrected chi connectivity index (χ0v) is 12.3. The fourth-order valence-corrected chi connectivity index (χ4v) is 2.31. The van der Waals surface area contributed by atoms with E-state index in [1.54, 1.807) is 18.2 Å². The molecule has 3 nitrogen and oxygen atoms in total. The normalized spacial score (nSPS) is 12.0. The predicted molar refractivity (Wildman–Crippen MR) is 84.6 cm³/mol. The molecule has 2 aromatic carbocycles. The molecule has 110 valence electrons. The molecule has 0 heterocycles. The second-order valence-electron chi connectivity index (χ2n) is 5.28. The molecule has 0 aliphatic carbocycles. The van der Waals surface area contributed by atoms with Crippen molar-refractivity contribution in [1.29, 1.82) is 0 Å². The van der Waals surface area contributed by atoms with Crippen molar-refractivity contribution in [2.75, 3.05) is 6.54 Å². The van der Waals surface area contributed by atoms with Crippen LogP contribution in [0, 0.1) is 0 Å². The third-order valence-electron chi connectivity index (χ3n) is 3.63. The Morgan fingerprint density at radius 1 is 1.14 bits per heavy atom. The van der Waals surface area contributed by atoms with Gasteiger partial charge in [-0.15, -0.1) is 0 Å². The molecule has 2 N–H and O–H groups in total. The minimum atomic E-state index is -0.880. The van der Waals surface area contributed by atoms with Crippen LogP contribution in [0.3, 0.4) is 0 Å². The molecule has 0 amide bonds. The van der Waals surface area contributed by atoms with E-state index < -0.39 is 5.97 Å². The number of hydrogen-bond donors (Lipinski definition) is 2. The highest BCUT2D eigenvalue weighted by Gasteiger charge is 2.05. The fraction of sp³-hybridized carbons (Fsp3) is 0.278. The standard InChI is InChI=1S/C18H21NO2/c1-14(16-7-3-2-4-8-16)10-11-19-13-15-6-5-9-17(12-15)18(20)21/h2-9,12,14,19H,10-11,13H2,1H3,(H,20,21). The quantitative estimate of drug-likeness (QED) is 0.762. The Labute approximate surface area is 125 Å². The Morgan fingerprint density at radius 3 is 2.62 bits per heavy atom. The molecule has 21 heavy (non-hydrogen) atoms. The van der Waals surface area contributed by atoms with Gasteiger partial charge in [0.05, 0.1) is 5.56 Å². The highest BCUT2D eigenvalue weighted by Crippen LogP contribution is 2.17. The highest BCUT2D eigenvalue weighted by atomic mass is 16.4. The van der Waals surface area contributed by atoms with E-state index in [-0.39, 0.29) is 0 Å². The summed E-state index contributed by atoms with van der Waals surface area (Å²) in [5, 5.41) is 12.3. The molecule has 0 aromatic heterocycles. The maximum absolute atomic E-state index is 10.9. The van der Waals surface area contributed by atoms with Gasteiger partial charge < -0.3 is 10.4 Å². The Kier molecular flexibility index (Phi) is 5.52. The van der Waals surface area contributed by atoms with Crippen molar-refractivity contribution in [2.24, 2.45) is 0 Å². The summed E-state index contributed by atoms with van der Waals surface area (Å²) in [7, 11) is 0. The SMILES string of the molecule is CC(CCNCc1cccc(C(=O)O)c1)c1ccccc1. The number of rotatable bonds is 7. The van der Waals surface area contributed by atoms with Crippen LogP contribution in [-0.2, 0) is 6.54 Å². The van der Waals surface area contributed by atoms with Crippen LogP contribution in [0.4, 0.5) is 0 Å². The van der Waals surface area contributed by atoms with E-state index in [4.69, 9.17) is 5.11 Å². The van der Waals surface area contributed by atoms with Crippen LogP contribution >= 0.6 is 0 Å². The van der Waals surface area contributed by atoms with Gasteiger partial charge in [-0.1, -0.05) is 49.4 Å². The summed E-state index contributed by atoms with van der Waals surface area (Å²) in [6.07, 6.45) is 1.06. The van der Waals surface area contributed by atoms with Crippen molar-refractivity contribution in [3.63, 3.8) is 0 Å². The van der Waals surface area contributed by atoms with Crippen LogP contribution in [0.5, 0.6) is 0 Å². The average Bonchev–Trinajstić information content (AvgIpc) is 2.52. The van der Waals surface area contributed by atoms with Gasteiger partial charge in [-0.2, -0.15) is 0 Å². The van der Waals surface area contributed by atoms with Crippen molar-refractivity contribution < 1.29 is 9.90 Å². The minimum absolute atomic E-state index is 0.340. The highest BCUT2D eigenvalue weighted by molar-refractivity contribution is 5.87. The molecular formula is C18H21NO2. The second-order valence-corrected chi connectivity index (χ2v) is 5.28. The monoisotopic (exact) mass is 283 g/mol. The minimum Gasteiger partial charge on any atom is -0.478 e. The molecule has 0 spiro atoms. The van der Waals surface area contributed by atoms with E-state index in [2.05, 4.69) is 36.5 Å². The van der Waals surface area contributed by atoms with Gasteiger partial charge in [0.15, 0.2) is 0 Å². The molecule has 0 aliphatic rings. The molecule has 2 rings (SSSR count). The smallest absolute Gasteiger partial charge is 0.335 e. The van der Waals surface area contributed by atoms with Crippen LogP contribution in [0.15, 0.2) is 54.6 Å². The molecule has 0 fully saturated rings. The van der Waals surface area contributed by atoms with Crippen LogP contribution in [0.1, 0.15) is 40.7 Å². The number of carbonyl (C=O) groups is 1. The number of benzene rings is 2. The van der Waals surface area contributed by atoms with Gasteiger partial charge in [-0.25, -0.2) is 4.79 Å². The first-order chi connectivity index (χ1) is 10.2. The number of carboxylic acids is 1. The van der Waals surface area contributed by atoms with Crippen molar-refractivity contribution in [3.8, 4) is 0 Å². The average molecular weight is 283 g/mol. The topological polar surface area (TPSA) is 49.3 Å². The Balaban J connectivity index is 1.77. The van der Waals surface area contributed by atoms with Crippen molar-refractivity contribution in [2.45, 2.75) is 25.8 Å². The number of nitrogens with one attached hydrogen (secondary N) is 1. The van der Waals surface area contributed by atoms with E-state index in [1.807, 2.05) is 12.1 Å². The zero-order valence-electron chi connectivity index (χ0n) is 12.3. The molecule has 1 atom stereocenters. The van der Waals surface area contributed by atoms with E-state index in [0.29, 0.717) is 18.0 Å². The van der Waals surface area contributed by atoms with Gasteiger partial charge in [-0.3, -0.25) is 0 Å². The second kappa shape index (κ2) is 7.60. The fourth-order valence-electron chi connectivity index (χ4n) is 2.31. The van der Waals surface area contributed by atoms with Crippen LogP contribution in [0.2, 0.25) is 0 Å². The van der Waals surface area contributed by atoms with Crippen LogP contribution in [0.25, 0.3) is 0 Å². The summed E-state index contributed by atoms with van der Waals surface area (Å²) >= 11 is 0. The van der Waals surface area contributed by atoms with Crippen molar-refractivity contribution >= 4 is 5.97 Å². The lowest BCUT2D eigenvalue weighted by atomic mass is 9.98. The lowest BCUT2D eigenvalue weighted by Crippen LogP contribution is -2.16. The van der Waals surface area contributed by atoms with Crippen LogP contribution < -0.4 is 5.32 Å². The molecule has 0 saturated heterocycles. The summed E-state index contributed by atoms with van der Waals surface area (Å²) in [5.74, 6) is -0.362. The number of aromatic carboxylic acids is 1. The molecule has 0 radical (unpaired) electrons. The van der Waals surface area contributed by atoms with E-state index in [1.165, 1.54) is 5.56 Å². The third-order valence-corrected chi connectivity index (χ3v) is 3.63. The van der Waals surface area contributed by atoms with Gasteiger partial charge in [0.1, 0.15) is 0 Å². The Morgan fingerprint density at radius 2 is 1.90 bits per heavy atom. The molecule has 0 saturated carbocycles. The summed E-state index contributed by atoms with van der Waals surface area (Å²) < 4.78 is 0. The van der Waals surface area contributed by atoms with Gasteiger partial charge in [0.2, 0.25) is 0 Å². The molecule has 0 aliphatic heterocycles. The van der Waals surface area contributed by atoms with E-state index in [0.717, 1.165) is 18.5 Å². The van der Waals surface area contributed by atoms with E-state index in [9.17, 15) is 4.79 Å². The van der Waals surface area contributed by atoms with Gasteiger partial charge in [0.25, 0.3) is 0 Å². The summed E-state index contributed by atoms with van der Waals surface area (Å²) in [6, 6.07) is 17.5. The first-order valence-corrected chi connectivity index (χ1v) is 7.24. The zero-order chi connectivity index (χ0) is 15.1. The molecule has 0 bridgehead atoms. The summed E-state index contributed by atoms with van der Waals surface area (Å²) in [4.78, 5) is 10.9. The maximum Gasteiger partial charge on any atom is 0.335 e. The number of carboxylic acid groups (broad SMARTS) is 1. The molecule has 2 aromatic rings. The third kappa shape index (κ3) is 4.72. The largest absolute Gasteiger partial charge is 0.478 e. The molecular weight excluding hydrogens is 262 g/mol. The lowest BCUT2D eigenvalue weighted by Gasteiger charge is -2.12. The van der Waals surface area contributed by atoms with Gasteiger partial charge in [0, 0.05) is 6.54 Å². The summed E-state index contributed by atoms with van der Waals surface area (Å²) in [6.45, 7) is 3.83. The Bertz CT molecular complexity index is 581. The predicted octanol–water partition coefficient (Wildman–Crippen LogP) is 3.67. The van der Waals surface area contributed by atoms with Crippen LogP contribution in [-0.4, -0.2) is 17.6 Å². The number of hydrogen-bond acceptors (Lipinski definition) is 2. The maximum atomic E-state index is 10.9.